The van der Waals surface area contributed by atoms with Crippen molar-refractivity contribution in [1.82, 2.24) is 10.1 Å². The van der Waals surface area contributed by atoms with Crippen LogP contribution in [0, 0.1) is 4.91 Å². The van der Waals surface area contributed by atoms with Crippen molar-refractivity contribution in [2.45, 2.75) is 64.5 Å². The van der Waals surface area contributed by atoms with E-state index in [0.717, 1.165) is 43.2 Å². The van der Waals surface area contributed by atoms with E-state index in [0.29, 0.717) is 25.3 Å². The number of ether oxygens (including phenoxy) is 2. The Morgan fingerprint density at radius 3 is 2.36 bits per heavy atom. The van der Waals surface area contributed by atoms with Crippen LogP contribution in [-0.4, -0.2) is 39.3 Å². The molecule has 2 aromatic rings. The predicted octanol–water partition coefficient (Wildman–Crippen LogP) is 4.27. The first-order chi connectivity index (χ1) is 17.4. The molecule has 0 aromatic heterocycles. The number of carbonyl (C=O) groups is 1. The molecule has 0 amide bonds. The van der Waals surface area contributed by atoms with E-state index < -0.39 is 22.0 Å². The van der Waals surface area contributed by atoms with Gasteiger partial charge in [0.15, 0.2) is 0 Å². The van der Waals surface area contributed by atoms with Gasteiger partial charge in [0, 0.05) is 11.8 Å². The van der Waals surface area contributed by atoms with Gasteiger partial charge in [0.05, 0.1) is 12.4 Å². The molecule has 198 valence electrons. The highest BCUT2D eigenvalue weighted by molar-refractivity contribution is 7.89. The number of benzene rings is 2. The molecule has 0 bridgehead atoms. The molecule has 2 aromatic carbocycles. The van der Waals surface area contributed by atoms with Crippen molar-refractivity contribution in [3.63, 3.8) is 0 Å². The van der Waals surface area contributed by atoms with Crippen LogP contribution in [0.25, 0.3) is 0 Å². The smallest absolute Gasteiger partial charge is 0.324 e. The van der Waals surface area contributed by atoms with Gasteiger partial charge in [0.25, 0.3) is 0 Å². The van der Waals surface area contributed by atoms with Gasteiger partial charge in [-0.05, 0) is 48.9 Å². The first-order valence-electron chi connectivity index (χ1n) is 12.4. The molecule has 0 aliphatic heterocycles. The molecular formula is C26H37N3O6S. The quantitative estimate of drug-likeness (QED) is 0.123. The molecule has 0 spiro atoms. The van der Waals surface area contributed by atoms with Crippen LogP contribution in [0.3, 0.4) is 0 Å². The Labute approximate surface area is 214 Å². The minimum absolute atomic E-state index is 0.0385. The monoisotopic (exact) mass is 519 g/mol. The lowest BCUT2D eigenvalue weighted by atomic mass is 10.1. The fourth-order valence-electron chi connectivity index (χ4n) is 3.47. The van der Waals surface area contributed by atoms with Crippen molar-refractivity contribution in [2.75, 3.05) is 18.9 Å². The summed E-state index contributed by atoms with van der Waals surface area (Å²) in [5.74, 6) is 0.0548. The van der Waals surface area contributed by atoms with Crippen molar-refractivity contribution < 1.29 is 22.7 Å². The van der Waals surface area contributed by atoms with Crippen LogP contribution in [-0.2, 0) is 32.6 Å². The summed E-state index contributed by atoms with van der Waals surface area (Å²) in [6, 6.07) is 15.5. The molecule has 0 heterocycles. The molecule has 0 aliphatic carbocycles. The van der Waals surface area contributed by atoms with Gasteiger partial charge in [-0.25, -0.2) is 13.1 Å². The third kappa shape index (κ3) is 12.1. The van der Waals surface area contributed by atoms with Crippen molar-refractivity contribution in [1.29, 1.82) is 0 Å². The first-order valence-corrected chi connectivity index (χ1v) is 14.1. The third-order valence-corrected chi connectivity index (χ3v) is 6.95. The SMILES string of the molecule is CCCCS(=O)(=O)N[C@@H](Cc1ccc(OCCCCCCNN=O)cc1)C(=O)OCc1ccccc1. The van der Waals surface area contributed by atoms with Gasteiger partial charge < -0.3 is 9.47 Å². The number of unbranched alkanes of at least 4 members (excludes halogenated alkanes) is 4. The fourth-order valence-corrected chi connectivity index (χ4v) is 4.86. The molecule has 2 rings (SSSR count). The lowest BCUT2D eigenvalue weighted by Crippen LogP contribution is -2.44. The lowest BCUT2D eigenvalue weighted by Gasteiger charge is -2.18. The summed E-state index contributed by atoms with van der Waals surface area (Å²) in [4.78, 5) is 22.8. The Kier molecular flexibility index (Phi) is 13.5. The first kappa shape index (κ1) is 29.3. The number of nitroso groups, excluding NO2 is 1. The second-order valence-corrected chi connectivity index (χ2v) is 10.4. The molecule has 36 heavy (non-hydrogen) atoms. The van der Waals surface area contributed by atoms with Gasteiger partial charge in [-0.1, -0.05) is 68.7 Å². The number of nitrogens with zero attached hydrogens (tertiary/aromatic N) is 1. The Morgan fingerprint density at radius 2 is 1.67 bits per heavy atom. The van der Waals surface area contributed by atoms with E-state index in [1.165, 1.54) is 0 Å². The second-order valence-electron chi connectivity index (χ2n) is 8.55. The predicted molar refractivity (Wildman–Crippen MR) is 140 cm³/mol. The van der Waals surface area contributed by atoms with E-state index >= 15 is 0 Å². The molecule has 0 radical (unpaired) electrons. The van der Waals surface area contributed by atoms with Gasteiger partial charge in [-0.15, -0.1) is 4.91 Å². The number of carbonyl (C=O) groups excluding carboxylic acids is 1. The van der Waals surface area contributed by atoms with Crippen molar-refractivity contribution in [3.05, 3.63) is 70.6 Å². The normalized spacial score (nSPS) is 12.0. The van der Waals surface area contributed by atoms with Gasteiger partial charge in [0.1, 0.15) is 18.4 Å². The van der Waals surface area contributed by atoms with Crippen LogP contribution in [0.5, 0.6) is 5.75 Å². The number of hydrogen-bond acceptors (Lipinski definition) is 7. The number of esters is 1. The molecule has 0 fully saturated rings. The van der Waals surface area contributed by atoms with Gasteiger partial charge in [-0.3, -0.25) is 10.2 Å². The topological polar surface area (TPSA) is 123 Å². The number of rotatable bonds is 19. The Bertz CT molecular complexity index is 1000. The molecule has 0 unspecified atom stereocenters. The van der Waals surface area contributed by atoms with Crippen LogP contribution in [0.2, 0.25) is 0 Å². The summed E-state index contributed by atoms with van der Waals surface area (Å²) in [6.45, 7) is 3.14. The van der Waals surface area contributed by atoms with Crippen LogP contribution < -0.4 is 14.9 Å². The molecule has 0 saturated carbocycles. The Balaban J connectivity index is 1.91. The highest BCUT2D eigenvalue weighted by atomic mass is 32.2. The van der Waals surface area contributed by atoms with Gasteiger partial charge in [0.2, 0.25) is 10.0 Å². The van der Waals surface area contributed by atoms with E-state index in [1.54, 1.807) is 0 Å². The molecule has 2 N–H and O–H groups in total. The maximum absolute atomic E-state index is 12.8. The zero-order valence-corrected chi connectivity index (χ0v) is 21.7. The summed E-state index contributed by atoms with van der Waals surface area (Å²) in [5.41, 5.74) is 4.02. The largest absolute Gasteiger partial charge is 0.494 e. The van der Waals surface area contributed by atoms with Crippen LogP contribution in [0.15, 0.2) is 59.9 Å². The van der Waals surface area contributed by atoms with Crippen molar-refractivity contribution >= 4 is 16.0 Å². The molecular weight excluding hydrogens is 482 g/mol. The third-order valence-electron chi connectivity index (χ3n) is 5.48. The molecule has 0 saturated heterocycles. The standard InChI is InChI=1S/C26H37N3O6S/c1-2-3-19-36(32,33)28-25(26(30)35-21-23-11-7-6-8-12-23)20-22-13-15-24(16-14-22)34-18-10-5-4-9-17-27-29-31/h6-8,11-16,25,28H,2-5,9-10,17-21H2,1H3,(H,27,31)/t25-/m0/s1. The highest BCUT2D eigenvalue weighted by Crippen LogP contribution is 2.16. The molecule has 10 heteroatoms. The van der Waals surface area contributed by atoms with Crippen LogP contribution in [0.4, 0.5) is 0 Å². The van der Waals surface area contributed by atoms with Crippen LogP contribution >= 0.6 is 0 Å². The van der Waals surface area contributed by atoms with Gasteiger partial charge in [-0.2, -0.15) is 0 Å². The van der Waals surface area contributed by atoms with E-state index in [2.05, 4.69) is 15.4 Å². The average molecular weight is 520 g/mol. The van der Waals surface area contributed by atoms with E-state index in [4.69, 9.17) is 9.47 Å². The minimum Gasteiger partial charge on any atom is -0.494 e. The molecule has 9 nitrogen and oxygen atoms in total. The Hall–Kier alpha value is -2.98. The van der Waals surface area contributed by atoms with Crippen LogP contribution in [0.1, 0.15) is 56.6 Å². The number of hydrogen-bond donors (Lipinski definition) is 2. The lowest BCUT2D eigenvalue weighted by molar-refractivity contribution is -0.147. The number of nitrogens with one attached hydrogen (secondary N) is 2. The van der Waals surface area contributed by atoms with Crippen molar-refractivity contribution in [2.24, 2.45) is 5.29 Å². The zero-order chi connectivity index (χ0) is 26.1. The summed E-state index contributed by atoms with van der Waals surface area (Å²) in [7, 11) is -3.62. The summed E-state index contributed by atoms with van der Waals surface area (Å²) >= 11 is 0. The average Bonchev–Trinajstić information content (AvgIpc) is 2.88. The van der Waals surface area contributed by atoms with E-state index in [9.17, 15) is 18.1 Å². The van der Waals surface area contributed by atoms with E-state index in [-0.39, 0.29) is 18.8 Å². The molecule has 1 atom stereocenters. The second kappa shape index (κ2) is 16.6. The Morgan fingerprint density at radius 1 is 0.944 bits per heavy atom. The summed E-state index contributed by atoms with van der Waals surface area (Å²) in [5, 5.41) is 2.61. The minimum atomic E-state index is -3.62. The fraction of sp³-hybridized carbons (Fsp3) is 0.500. The molecule has 0 aliphatic rings. The maximum atomic E-state index is 12.8. The van der Waals surface area contributed by atoms with Gasteiger partial charge >= 0.3 is 5.97 Å². The zero-order valence-electron chi connectivity index (χ0n) is 20.9. The van der Waals surface area contributed by atoms with Crippen molar-refractivity contribution in [3.8, 4) is 5.75 Å². The summed E-state index contributed by atoms with van der Waals surface area (Å²) in [6.07, 6.45) is 5.18. The highest BCUT2D eigenvalue weighted by Gasteiger charge is 2.26. The summed E-state index contributed by atoms with van der Waals surface area (Å²) < 4.78 is 38.7. The number of sulfonamides is 1. The maximum Gasteiger partial charge on any atom is 0.324 e. The van der Waals surface area contributed by atoms with E-state index in [1.807, 2.05) is 61.5 Å².